The maximum atomic E-state index is 13.3. The van der Waals surface area contributed by atoms with Gasteiger partial charge in [-0.05, 0) is 29.7 Å². The summed E-state index contributed by atoms with van der Waals surface area (Å²) < 4.78 is 31.8. The molecule has 0 saturated heterocycles. The number of carbonyl (C=O) groups is 1. The van der Waals surface area contributed by atoms with Gasteiger partial charge in [0, 0.05) is 0 Å². The lowest BCUT2D eigenvalue weighted by Gasteiger charge is -2.14. The smallest absolute Gasteiger partial charge is 0.155 e. The van der Waals surface area contributed by atoms with Crippen molar-refractivity contribution in [1.29, 1.82) is 0 Å². The van der Waals surface area contributed by atoms with Gasteiger partial charge in [0.05, 0.1) is 18.8 Å². The molecule has 0 aliphatic carbocycles. The standard InChI is InChI=1S/C12H10F2O2/c13-11-5-9(6-12(14)10(11)7-15)8-1-3-16-4-2-8/h1,5-7H,2-4H2. The summed E-state index contributed by atoms with van der Waals surface area (Å²) in [4.78, 5) is 10.4. The van der Waals surface area contributed by atoms with Crippen LogP contribution >= 0.6 is 0 Å². The minimum absolute atomic E-state index is 0.187. The van der Waals surface area contributed by atoms with E-state index in [0.29, 0.717) is 25.2 Å². The van der Waals surface area contributed by atoms with E-state index in [4.69, 9.17) is 4.74 Å². The molecule has 0 fully saturated rings. The van der Waals surface area contributed by atoms with Crippen molar-refractivity contribution >= 4 is 11.9 Å². The Morgan fingerprint density at radius 3 is 2.44 bits per heavy atom. The Morgan fingerprint density at radius 2 is 1.94 bits per heavy atom. The van der Waals surface area contributed by atoms with Crippen molar-refractivity contribution in [3.05, 3.63) is 41.0 Å². The molecular weight excluding hydrogens is 214 g/mol. The highest BCUT2D eigenvalue weighted by Crippen LogP contribution is 2.24. The molecule has 1 heterocycles. The molecule has 0 unspecified atom stereocenters. The molecule has 16 heavy (non-hydrogen) atoms. The quantitative estimate of drug-likeness (QED) is 0.722. The zero-order valence-corrected chi connectivity index (χ0v) is 8.50. The molecule has 0 saturated carbocycles. The number of hydrogen-bond acceptors (Lipinski definition) is 2. The summed E-state index contributed by atoms with van der Waals surface area (Å²) in [6.45, 7) is 0.999. The number of hydrogen-bond donors (Lipinski definition) is 0. The highest BCUT2D eigenvalue weighted by molar-refractivity contribution is 5.77. The summed E-state index contributed by atoms with van der Waals surface area (Å²) in [5.41, 5.74) is 0.807. The van der Waals surface area contributed by atoms with Crippen LogP contribution in [0.3, 0.4) is 0 Å². The van der Waals surface area contributed by atoms with E-state index >= 15 is 0 Å². The van der Waals surface area contributed by atoms with Crippen molar-refractivity contribution in [2.45, 2.75) is 6.42 Å². The van der Waals surface area contributed by atoms with E-state index in [0.717, 1.165) is 5.57 Å². The normalized spacial score (nSPS) is 15.8. The molecule has 1 aliphatic heterocycles. The molecule has 2 nitrogen and oxygen atoms in total. The predicted octanol–water partition coefficient (Wildman–Crippen LogP) is 2.58. The van der Waals surface area contributed by atoms with Crippen molar-refractivity contribution < 1.29 is 18.3 Å². The lowest BCUT2D eigenvalue weighted by atomic mass is 10.00. The van der Waals surface area contributed by atoms with E-state index in [1.807, 2.05) is 0 Å². The van der Waals surface area contributed by atoms with Crippen molar-refractivity contribution in [2.24, 2.45) is 0 Å². The summed E-state index contributed by atoms with van der Waals surface area (Å²) in [6.07, 6.45) is 2.60. The molecule has 0 atom stereocenters. The van der Waals surface area contributed by atoms with Crippen LogP contribution in [-0.4, -0.2) is 19.5 Å². The fraction of sp³-hybridized carbons (Fsp3) is 0.250. The molecular formula is C12H10F2O2. The first-order chi connectivity index (χ1) is 7.72. The number of aldehydes is 1. The van der Waals surface area contributed by atoms with Gasteiger partial charge in [0.25, 0.3) is 0 Å². The van der Waals surface area contributed by atoms with Crippen molar-refractivity contribution in [2.75, 3.05) is 13.2 Å². The Hall–Kier alpha value is -1.55. The molecule has 2 rings (SSSR count). The zero-order chi connectivity index (χ0) is 11.5. The second-order valence-corrected chi connectivity index (χ2v) is 3.53. The molecule has 0 aromatic heterocycles. The van der Waals surface area contributed by atoms with Gasteiger partial charge >= 0.3 is 0 Å². The summed E-state index contributed by atoms with van der Waals surface area (Å²) in [6, 6.07) is 2.37. The van der Waals surface area contributed by atoms with Crippen LogP contribution in [0.15, 0.2) is 18.2 Å². The van der Waals surface area contributed by atoms with Crippen molar-refractivity contribution in [3.8, 4) is 0 Å². The lowest BCUT2D eigenvalue weighted by Crippen LogP contribution is -2.05. The highest BCUT2D eigenvalue weighted by Gasteiger charge is 2.13. The molecule has 0 radical (unpaired) electrons. The largest absolute Gasteiger partial charge is 0.377 e. The topological polar surface area (TPSA) is 26.3 Å². The number of benzene rings is 1. The van der Waals surface area contributed by atoms with Gasteiger partial charge in [0.15, 0.2) is 6.29 Å². The molecule has 4 heteroatoms. The molecule has 0 spiro atoms. The van der Waals surface area contributed by atoms with E-state index in [1.165, 1.54) is 12.1 Å². The summed E-state index contributed by atoms with van der Waals surface area (Å²) >= 11 is 0. The van der Waals surface area contributed by atoms with Gasteiger partial charge in [-0.3, -0.25) is 4.79 Å². The summed E-state index contributed by atoms with van der Waals surface area (Å²) in [5.74, 6) is -1.64. The van der Waals surface area contributed by atoms with Crippen LogP contribution in [0.25, 0.3) is 5.57 Å². The van der Waals surface area contributed by atoms with E-state index in [2.05, 4.69) is 0 Å². The van der Waals surface area contributed by atoms with Crippen molar-refractivity contribution in [3.63, 3.8) is 0 Å². The first-order valence-corrected chi connectivity index (χ1v) is 4.93. The van der Waals surface area contributed by atoms with Gasteiger partial charge in [0.1, 0.15) is 11.6 Å². The first kappa shape index (κ1) is 11.0. The lowest BCUT2D eigenvalue weighted by molar-refractivity contribution is 0.111. The predicted molar refractivity (Wildman–Crippen MR) is 55.2 cm³/mol. The van der Waals surface area contributed by atoms with Crippen LogP contribution in [0, 0.1) is 11.6 Å². The molecule has 0 N–H and O–H groups in total. The average molecular weight is 224 g/mol. The minimum atomic E-state index is -0.822. The van der Waals surface area contributed by atoms with Crippen LogP contribution in [-0.2, 0) is 4.74 Å². The third kappa shape index (κ3) is 2.02. The third-order valence-electron chi connectivity index (χ3n) is 2.53. The van der Waals surface area contributed by atoms with Gasteiger partial charge in [-0.1, -0.05) is 6.08 Å². The Kier molecular flexibility index (Phi) is 3.10. The van der Waals surface area contributed by atoms with Crippen LogP contribution in [0.5, 0.6) is 0 Å². The second-order valence-electron chi connectivity index (χ2n) is 3.53. The molecule has 1 aliphatic rings. The average Bonchev–Trinajstić information content (AvgIpc) is 2.30. The molecule has 0 amide bonds. The number of halogens is 2. The monoisotopic (exact) mass is 224 g/mol. The number of rotatable bonds is 2. The maximum Gasteiger partial charge on any atom is 0.155 e. The maximum absolute atomic E-state index is 13.3. The molecule has 1 aromatic rings. The second kappa shape index (κ2) is 4.53. The fourth-order valence-electron chi connectivity index (χ4n) is 1.67. The molecule has 1 aromatic carbocycles. The van der Waals surface area contributed by atoms with Gasteiger partial charge < -0.3 is 4.74 Å². The minimum Gasteiger partial charge on any atom is -0.377 e. The Morgan fingerprint density at radius 1 is 1.25 bits per heavy atom. The van der Waals surface area contributed by atoms with E-state index in [1.54, 1.807) is 6.08 Å². The van der Waals surface area contributed by atoms with Crippen LogP contribution in [0.4, 0.5) is 8.78 Å². The fourth-order valence-corrected chi connectivity index (χ4v) is 1.67. The van der Waals surface area contributed by atoms with Gasteiger partial charge in [-0.15, -0.1) is 0 Å². The van der Waals surface area contributed by atoms with Crippen molar-refractivity contribution in [1.82, 2.24) is 0 Å². The highest BCUT2D eigenvalue weighted by atomic mass is 19.1. The SMILES string of the molecule is O=Cc1c(F)cc(C2=CCOCC2)cc1F. The van der Waals surface area contributed by atoms with Crippen LogP contribution in [0.1, 0.15) is 22.3 Å². The number of carbonyl (C=O) groups excluding carboxylic acids is 1. The Bertz CT molecular complexity index is 429. The van der Waals surface area contributed by atoms with Gasteiger partial charge in [0.2, 0.25) is 0 Å². The summed E-state index contributed by atoms with van der Waals surface area (Å²) in [5, 5.41) is 0. The molecule has 84 valence electrons. The number of ether oxygens (including phenoxy) is 1. The van der Waals surface area contributed by atoms with Gasteiger partial charge in [-0.2, -0.15) is 0 Å². The van der Waals surface area contributed by atoms with E-state index in [9.17, 15) is 13.6 Å². The third-order valence-corrected chi connectivity index (χ3v) is 2.53. The Balaban J connectivity index is 2.43. The van der Waals surface area contributed by atoms with Crippen LogP contribution < -0.4 is 0 Å². The zero-order valence-electron chi connectivity index (χ0n) is 8.50. The van der Waals surface area contributed by atoms with E-state index < -0.39 is 17.2 Å². The van der Waals surface area contributed by atoms with Gasteiger partial charge in [-0.25, -0.2) is 8.78 Å². The van der Waals surface area contributed by atoms with Crippen LogP contribution in [0.2, 0.25) is 0 Å². The Labute approximate surface area is 91.5 Å². The summed E-state index contributed by atoms with van der Waals surface area (Å²) in [7, 11) is 0. The first-order valence-electron chi connectivity index (χ1n) is 4.93. The molecule has 0 bridgehead atoms. The van der Waals surface area contributed by atoms with E-state index in [-0.39, 0.29) is 6.29 Å².